The monoisotopic (exact) mass is 429 g/mol. The first-order valence-corrected chi connectivity index (χ1v) is 8.20. The zero-order chi connectivity index (χ0) is 15.0. The fraction of sp³-hybridized carbons (Fsp3) is 0.133. The summed E-state index contributed by atoms with van der Waals surface area (Å²) in [7, 11) is 0. The van der Waals surface area contributed by atoms with Crippen molar-refractivity contribution in [2.45, 2.75) is 12.5 Å². The van der Waals surface area contributed by atoms with E-state index in [2.05, 4.69) is 37.2 Å². The Balaban J connectivity index is 1.74. The van der Waals surface area contributed by atoms with Crippen molar-refractivity contribution >= 4 is 55.1 Å². The van der Waals surface area contributed by atoms with Crippen molar-refractivity contribution in [2.75, 3.05) is 5.32 Å². The van der Waals surface area contributed by atoms with Gasteiger partial charge in [0.1, 0.15) is 5.75 Å². The van der Waals surface area contributed by atoms with E-state index < -0.39 is 6.10 Å². The van der Waals surface area contributed by atoms with E-state index in [1.54, 1.807) is 12.1 Å². The second-order valence-electron chi connectivity index (χ2n) is 4.68. The van der Waals surface area contributed by atoms with Gasteiger partial charge in [0.15, 0.2) is 6.10 Å². The predicted molar refractivity (Wildman–Crippen MR) is 90.0 cm³/mol. The van der Waals surface area contributed by atoms with Gasteiger partial charge in [0, 0.05) is 20.4 Å². The van der Waals surface area contributed by atoms with E-state index in [1.807, 2.05) is 24.3 Å². The maximum atomic E-state index is 12.3. The van der Waals surface area contributed by atoms with E-state index in [-0.39, 0.29) is 5.91 Å². The molecule has 1 N–H and O–H groups in total. The minimum Gasteiger partial charge on any atom is -0.480 e. The van der Waals surface area contributed by atoms with E-state index in [1.165, 1.54) is 0 Å². The minimum atomic E-state index is -0.538. The Bertz CT molecular complexity index is 721. The van der Waals surface area contributed by atoms with E-state index in [0.717, 1.165) is 14.5 Å². The molecule has 1 atom stereocenters. The van der Waals surface area contributed by atoms with E-state index in [4.69, 9.17) is 16.3 Å². The van der Waals surface area contributed by atoms with Crippen LogP contribution in [0.5, 0.6) is 5.75 Å². The Labute approximate surface area is 143 Å². The van der Waals surface area contributed by atoms with Crippen molar-refractivity contribution in [2.24, 2.45) is 0 Å². The number of hydrogen-bond acceptors (Lipinski definition) is 2. The third kappa shape index (κ3) is 3.25. The van der Waals surface area contributed by atoms with Crippen LogP contribution in [-0.4, -0.2) is 12.0 Å². The zero-order valence-electron chi connectivity index (χ0n) is 10.7. The number of amides is 1. The lowest BCUT2D eigenvalue weighted by Gasteiger charge is -2.12. The molecule has 108 valence electrons. The van der Waals surface area contributed by atoms with Crippen LogP contribution in [0.2, 0.25) is 5.02 Å². The van der Waals surface area contributed by atoms with Crippen LogP contribution in [0.15, 0.2) is 45.3 Å². The maximum absolute atomic E-state index is 12.3. The standard InChI is InChI=1S/C15H10Br2ClNO2/c16-9-1-3-11(17)12(7-9)19-15(20)14-6-8-5-10(18)2-4-13(8)21-14/h1-5,7,14H,6H2,(H,19,20). The van der Waals surface area contributed by atoms with Gasteiger partial charge in [-0.3, -0.25) is 4.79 Å². The summed E-state index contributed by atoms with van der Waals surface area (Å²) in [6, 6.07) is 11.0. The number of hydrogen-bond donors (Lipinski definition) is 1. The Hall–Kier alpha value is -1.04. The highest BCUT2D eigenvalue weighted by atomic mass is 79.9. The fourth-order valence-electron chi connectivity index (χ4n) is 2.17. The molecule has 21 heavy (non-hydrogen) atoms. The summed E-state index contributed by atoms with van der Waals surface area (Å²) in [4.78, 5) is 12.3. The number of nitrogens with one attached hydrogen (secondary N) is 1. The first-order chi connectivity index (χ1) is 10.0. The molecule has 0 saturated heterocycles. The quantitative estimate of drug-likeness (QED) is 0.741. The maximum Gasteiger partial charge on any atom is 0.265 e. The van der Waals surface area contributed by atoms with Gasteiger partial charge >= 0.3 is 0 Å². The number of benzene rings is 2. The highest BCUT2D eigenvalue weighted by molar-refractivity contribution is 9.11. The highest BCUT2D eigenvalue weighted by Crippen LogP contribution is 2.32. The highest BCUT2D eigenvalue weighted by Gasteiger charge is 2.29. The van der Waals surface area contributed by atoms with E-state index in [9.17, 15) is 4.79 Å². The summed E-state index contributed by atoms with van der Waals surface area (Å²) < 4.78 is 7.38. The molecule has 2 aromatic carbocycles. The first kappa shape index (κ1) is 14.9. The van der Waals surface area contributed by atoms with Crippen LogP contribution in [0.1, 0.15) is 5.56 Å². The lowest BCUT2D eigenvalue weighted by atomic mass is 10.1. The topological polar surface area (TPSA) is 38.3 Å². The molecule has 2 aromatic rings. The third-order valence-electron chi connectivity index (χ3n) is 3.18. The van der Waals surface area contributed by atoms with Gasteiger partial charge in [0.05, 0.1) is 5.69 Å². The van der Waals surface area contributed by atoms with E-state index in [0.29, 0.717) is 22.9 Å². The molecule has 0 spiro atoms. The number of ether oxygens (including phenoxy) is 1. The molecular weight excluding hydrogens is 421 g/mol. The number of carbonyl (C=O) groups excluding carboxylic acids is 1. The lowest BCUT2D eigenvalue weighted by molar-refractivity contribution is -0.122. The van der Waals surface area contributed by atoms with Crippen molar-refractivity contribution < 1.29 is 9.53 Å². The molecule has 6 heteroatoms. The molecule has 3 nitrogen and oxygen atoms in total. The minimum absolute atomic E-state index is 0.180. The molecule has 0 fully saturated rings. The number of halogens is 3. The van der Waals surface area contributed by atoms with Crippen molar-refractivity contribution in [1.29, 1.82) is 0 Å². The van der Waals surface area contributed by atoms with Crippen LogP contribution in [0.4, 0.5) is 5.69 Å². The molecule has 3 rings (SSSR count). The van der Waals surface area contributed by atoms with Crippen LogP contribution >= 0.6 is 43.5 Å². The average Bonchev–Trinajstić information content (AvgIpc) is 2.86. The molecule has 0 aromatic heterocycles. The second-order valence-corrected chi connectivity index (χ2v) is 6.88. The largest absolute Gasteiger partial charge is 0.480 e. The molecule has 0 aliphatic carbocycles. The number of fused-ring (bicyclic) bond motifs is 1. The van der Waals surface area contributed by atoms with Crippen molar-refractivity contribution in [1.82, 2.24) is 0 Å². The van der Waals surface area contributed by atoms with Crippen LogP contribution in [0, 0.1) is 0 Å². The molecule has 1 heterocycles. The van der Waals surface area contributed by atoms with Crippen molar-refractivity contribution in [3.05, 3.63) is 55.9 Å². The Kier molecular flexibility index (Phi) is 4.24. The molecule has 1 amide bonds. The van der Waals surface area contributed by atoms with Crippen molar-refractivity contribution in [3.8, 4) is 5.75 Å². The predicted octanol–water partition coefficient (Wildman–Crippen LogP) is 4.81. The Morgan fingerprint density at radius 3 is 2.86 bits per heavy atom. The summed E-state index contributed by atoms with van der Waals surface area (Å²) in [5, 5.41) is 3.52. The fourth-order valence-corrected chi connectivity index (χ4v) is 3.07. The van der Waals surface area contributed by atoms with Gasteiger partial charge in [-0.2, -0.15) is 0 Å². The summed E-state index contributed by atoms with van der Waals surface area (Å²) >= 11 is 12.7. The molecule has 0 bridgehead atoms. The first-order valence-electron chi connectivity index (χ1n) is 6.24. The smallest absolute Gasteiger partial charge is 0.265 e. The van der Waals surface area contributed by atoms with Gasteiger partial charge in [-0.1, -0.05) is 27.5 Å². The Morgan fingerprint density at radius 2 is 2.05 bits per heavy atom. The second kappa shape index (κ2) is 5.99. The van der Waals surface area contributed by atoms with Gasteiger partial charge < -0.3 is 10.1 Å². The molecule has 1 aliphatic heterocycles. The summed E-state index contributed by atoms with van der Waals surface area (Å²) in [6.45, 7) is 0. The number of rotatable bonds is 2. The van der Waals surface area contributed by atoms with Gasteiger partial charge in [0.2, 0.25) is 0 Å². The van der Waals surface area contributed by atoms with Crippen LogP contribution in [-0.2, 0) is 11.2 Å². The Morgan fingerprint density at radius 1 is 1.24 bits per heavy atom. The van der Waals surface area contributed by atoms with Gasteiger partial charge in [-0.15, -0.1) is 0 Å². The number of carbonyl (C=O) groups is 1. The summed E-state index contributed by atoms with van der Waals surface area (Å²) in [6.07, 6.45) is -0.0165. The summed E-state index contributed by atoms with van der Waals surface area (Å²) in [5.41, 5.74) is 1.66. The third-order valence-corrected chi connectivity index (χ3v) is 4.60. The molecule has 1 aliphatic rings. The van der Waals surface area contributed by atoms with E-state index >= 15 is 0 Å². The van der Waals surface area contributed by atoms with Gasteiger partial charge in [0.25, 0.3) is 5.91 Å². The van der Waals surface area contributed by atoms with Crippen LogP contribution in [0.25, 0.3) is 0 Å². The molecule has 1 unspecified atom stereocenters. The molecule has 0 radical (unpaired) electrons. The normalized spacial score (nSPS) is 16.2. The average molecular weight is 432 g/mol. The molecular formula is C15H10Br2ClNO2. The van der Waals surface area contributed by atoms with Gasteiger partial charge in [-0.25, -0.2) is 0 Å². The SMILES string of the molecule is O=C(Nc1cc(Br)ccc1Br)C1Cc2cc(Cl)ccc2O1. The summed E-state index contributed by atoms with van der Waals surface area (Å²) in [5.74, 6) is 0.536. The van der Waals surface area contributed by atoms with Crippen LogP contribution < -0.4 is 10.1 Å². The van der Waals surface area contributed by atoms with Crippen molar-refractivity contribution in [3.63, 3.8) is 0 Å². The lowest BCUT2D eigenvalue weighted by Crippen LogP contribution is -2.31. The zero-order valence-corrected chi connectivity index (χ0v) is 14.6. The van der Waals surface area contributed by atoms with Crippen LogP contribution in [0.3, 0.4) is 0 Å². The molecule has 0 saturated carbocycles. The van der Waals surface area contributed by atoms with Gasteiger partial charge in [-0.05, 0) is 57.9 Å². The number of anilines is 1.